The predicted molar refractivity (Wildman–Crippen MR) is 80.9 cm³/mol. The lowest BCUT2D eigenvalue weighted by atomic mass is 9.88. The zero-order valence-corrected chi connectivity index (χ0v) is 13.2. The fourth-order valence-electron chi connectivity index (χ4n) is 2.09. The number of hydrogen-bond donors (Lipinski definition) is 0. The molecule has 0 fully saturated rings. The van der Waals surface area contributed by atoms with Crippen molar-refractivity contribution >= 4 is 0 Å². The van der Waals surface area contributed by atoms with Crippen molar-refractivity contribution in [3.63, 3.8) is 0 Å². The topological polar surface area (TPSA) is 17.8 Å². The van der Waals surface area contributed by atoms with Crippen LogP contribution in [0.3, 0.4) is 0 Å². The summed E-state index contributed by atoms with van der Waals surface area (Å²) in [5.41, 5.74) is 2.80. The van der Waals surface area contributed by atoms with Gasteiger partial charge < -0.3 is 0 Å². The molecule has 2 rings (SSSR count). The van der Waals surface area contributed by atoms with Crippen molar-refractivity contribution in [3.8, 4) is 5.69 Å². The maximum Gasteiger partial charge on any atom is 0.125 e. The molecule has 3 heteroatoms. The summed E-state index contributed by atoms with van der Waals surface area (Å²) in [5.74, 6) is -0.241. The Kier molecular flexibility index (Phi) is 3.49. The molecule has 0 saturated carbocycles. The molecular weight excluding hydrogens is 251 g/mol. The molecule has 2 aromatic rings. The van der Waals surface area contributed by atoms with Gasteiger partial charge in [-0.2, -0.15) is 5.10 Å². The number of halogens is 1. The van der Waals surface area contributed by atoms with Gasteiger partial charge in [0.1, 0.15) is 5.82 Å². The first-order chi connectivity index (χ1) is 9.09. The van der Waals surface area contributed by atoms with Crippen LogP contribution in [0.1, 0.15) is 52.9 Å². The molecule has 1 aromatic carbocycles. The first-order valence-corrected chi connectivity index (χ1v) is 6.96. The van der Waals surface area contributed by atoms with Crippen LogP contribution in [-0.2, 0) is 10.8 Å². The normalized spacial score (nSPS) is 12.8. The molecule has 0 aliphatic heterocycles. The van der Waals surface area contributed by atoms with Crippen LogP contribution in [0.4, 0.5) is 4.39 Å². The van der Waals surface area contributed by atoms with Crippen LogP contribution in [0.25, 0.3) is 5.69 Å². The van der Waals surface area contributed by atoms with E-state index in [1.807, 2.05) is 10.7 Å². The summed E-state index contributed by atoms with van der Waals surface area (Å²) in [6.07, 6.45) is 0. The molecule has 0 aliphatic carbocycles. The van der Waals surface area contributed by atoms with Gasteiger partial charge >= 0.3 is 0 Å². The zero-order valence-electron chi connectivity index (χ0n) is 13.2. The summed E-state index contributed by atoms with van der Waals surface area (Å²) in [4.78, 5) is 0. The number of rotatable bonds is 1. The average molecular weight is 274 g/mol. The summed E-state index contributed by atoms with van der Waals surface area (Å²) >= 11 is 0. The Labute approximate surface area is 120 Å². The van der Waals surface area contributed by atoms with Crippen LogP contribution in [-0.4, -0.2) is 9.78 Å². The third kappa shape index (κ3) is 2.92. The predicted octanol–water partition coefficient (Wildman–Crippen LogP) is 4.61. The van der Waals surface area contributed by atoms with Gasteiger partial charge in [0.15, 0.2) is 0 Å². The van der Waals surface area contributed by atoms with Gasteiger partial charge in [0.2, 0.25) is 0 Å². The van der Waals surface area contributed by atoms with Crippen LogP contribution in [0.15, 0.2) is 30.3 Å². The summed E-state index contributed by atoms with van der Waals surface area (Å²) in [6.45, 7) is 12.8. The first-order valence-electron chi connectivity index (χ1n) is 6.96. The second-order valence-corrected chi connectivity index (χ2v) is 7.31. The van der Waals surface area contributed by atoms with E-state index in [1.54, 1.807) is 6.07 Å². The van der Waals surface area contributed by atoms with Gasteiger partial charge in [0.05, 0.1) is 11.4 Å². The van der Waals surface area contributed by atoms with E-state index in [0.29, 0.717) is 0 Å². The van der Waals surface area contributed by atoms with E-state index in [9.17, 15) is 4.39 Å². The van der Waals surface area contributed by atoms with Gasteiger partial charge in [0.25, 0.3) is 0 Å². The van der Waals surface area contributed by atoms with Crippen LogP contribution in [0, 0.1) is 5.82 Å². The van der Waals surface area contributed by atoms with Gasteiger partial charge in [-0.3, -0.25) is 0 Å². The molecule has 0 N–H and O–H groups in total. The average Bonchev–Trinajstić information content (AvgIpc) is 2.72. The number of aromatic nitrogens is 2. The Morgan fingerprint density at radius 1 is 0.950 bits per heavy atom. The molecule has 0 atom stereocenters. The van der Waals surface area contributed by atoms with Crippen molar-refractivity contribution in [1.82, 2.24) is 9.78 Å². The zero-order chi connectivity index (χ0) is 15.1. The monoisotopic (exact) mass is 274 g/mol. The van der Waals surface area contributed by atoms with Gasteiger partial charge in [-0.1, -0.05) is 47.6 Å². The van der Waals surface area contributed by atoms with Gasteiger partial charge in [-0.25, -0.2) is 9.07 Å². The Balaban J connectivity index is 2.65. The number of hydrogen-bond acceptors (Lipinski definition) is 1. The minimum atomic E-state index is -0.241. The van der Waals surface area contributed by atoms with E-state index >= 15 is 0 Å². The molecular formula is C17H23FN2. The highest BCUT2D eigenvalue weighted by Crippen LogP contribution is 2.30. The minimum absolute atomic E-state index is 0.0292. The highest BCUT2D eigenvalue weighted by Gasteiger charge is 2.26. The fourth-order valence-corrected chi connectivity index (χ4v) is 2.09. The van der Waals surface area contributed by atoms with E-state index < -0.39 is 0 Å². The van der Waals surface area contributed by atoms with Crippen molar-refractivity contribution in [2.45, 2.75) is 52.4 Å². The first kappa shape index (κ1) is 14.8. The molecule has 0 amide bonds. The lowest BCUT2D eigenvalue weighted by Crippen LogP contribution is -2.17. The molecule has 0 saturated heterocycles. The lowest BCUT2D eigenvalue weighted by molar-refractivity contribution is 0.535. The number of benzene rings is 1. The second kappa shape index (κ2) is 4.72. The Bertz CT molecular complexity index is 613. The van der Waals surface area contributed by atoms with Gasteiger partial charge in [0, 0.05) is 16.5 Å². The van der Waals surface area contributed by atoms with Crippen LogP contribution < -0.4 is 0 Å². The standard InChI is InChI=1S/C17H23FN2/c1-16(2,3)14-11-15(17(4,5)6)20(19-14)13-9-7-8-12(18)10-13/h7-11H,1-6H3. The molecule has 0 spiro atoms. The lowest BCUT2D eigenvalue weighted by Gasteiger charge is -2.20. The summed E-state index contributed by atoms with van der Waals surface area (Å²) in [5, 5.41) is 4.71. The van der Waals surface area contributed by atoms with E-state index in [1.165, 1.54) is 12.1 Å². The van der Waals surface area contributed by atoms with Crippen molar-refractivity contribution < 1.29 is 4.39 Å². The molecule has 0 unspecified atom stereocenters. The van der Waals surface area contributed by atoms with Crippen LogP contribution >= 0.6 is 0 Å². The number of nitrogens with zero attached hydrogens (tertiary/aromatic N) is 2. The molecule has 0 aliphatic rings. The van der Waals surface area contributed by atoms with E-state index in [-0.39, 0.29) is 16.6 Å². The molecule has 0 bridgehead atoms. The quantitative estimate of drug-likeness (QED) is 0.742. The Hall–Kier alpha value is -1.64. The van der Waals surface area contributed by atoms with Gasteiger partial charge in [-0.15, -0.1) is 0 Å². The molecule has 108 valence electrons. The third-order valence-corrected chi connectivity index (χ3v) is 3.30. The van der Waals surface area contributed by atoms with Crippen molar-refractivity contribution in [1.29, 1.82) is 0 Å². The summed E-state index contributed by atoms with van der Waals surface area (Å²) < 4.78 is 15.3. The largest absolute Gasteiger partial charge is 0.237 e. The summed E-state index contributed by atoms with van der Waals surface area (Å²) in [7, 11) is 0. The fraction of sp³-hybridized carbons (Fsp3) is 0.471. The van der Waals surface area contributed by atoms with Crippen molar-refractivity contribution in [3.05, 3.63) is 47.5 Å². The second-order valence-electron chi connectivity index (χ2n) is 7.31. The highest BCUT2D eigenvalue weighted by atomic mass is 19.1. The molecule has 2 nitrogen and oxygen atoms in total. The SMILES string of the molecule is CC(C)(C)c1cc(C(C)(C)C)n(-c2cccc(F)c2)n1. The van der Waals surface area contributed by atoms with E-state index in [0.717, 1.165) is 17.1 Å². The van der Waals surface area contributed by atoms with Crippen molar-refractivity contribution in [2.75, 3.05) is 0 Å². The van der Waals surface area contributed by atoms with Gasteiger partial charge in [-0.05, 0) is 24.3 Å². The maximum absolute atomic E-state index is 13.5. The molecule has 0 radical (unpaired) electrons. The minimum Gasteiger partial charge on any atom is -0.237 e. The highest BCUT2D eigenvalue weighted by molar-refractivity contribution is 5.37. The summed E-state index contributed by atoms with van der Waals surface area (Å²) in [6, 6.07) is 8.71. The molecule has 1 aromatic heterocycles. The van der Waals surface area contributed by atoms with Crippen molar-refractivity contribution in [2.24, 2.45) is 0 Å². The third-order valence-electron chi connectivity index (χ3n) is 3.30. The maximum atomic E-state index is 13.5. The van der Waals surface area contributed by atoms with E-state index in [2.05, 4.69) is 47.6 Å². The smallest absolute Gasteiger partial charge is 0.125 e. The van der Waals surface area contributed by atoms with Crippen LogP contribution in [0.2, 0.25) is 0 Å². The Morgan fingerprint density at radius 3 is 2.10 bits per heavy atom. The van der Waals surface area contributed by atoms with E-state index in [4.69, 9.17) is 5.10 Å². The Morgan fingerprint density at radius 2 is 1.60 bits per heavy atom. The van der Waals surface area contributed by atoms with Crippen LogP contribution in [0.5, 0.6) is 0 Å². The molecule has 20 heavy (non-hydrogen) atoms. The molecule has 1 heterocycles.